The highest BCUT2D eigenvalue weighted by Gasteiger charge is 2.20. The van der Waals surface area contributed by atoms with Gasteiger partial charge in [0, 0.05) is 6.42 Å². The minimum absolute atomic E-state index is 0.0973. The van der Waals surface area contributed by atoms with Crippen molar-refractivity contribution < 1.29 is 17.9 Å². The number of para-hydroxylation sites is 2. The number of anilines is 1. The summed E-state index contributed by atoms with van der Waals surface area (Å²) in [5.41, 5.74) is 2.89. The van der Waals surface area contributed by atoms with Crippen molar-refractivity contribution in [1.82, 2.24) is 0 Å². The van der Waals surface area contributed by atoms with Crippen LogP contribution < -0.4 is 10.1 Å². The van der Waals surface area contributed by atoms with Gasteiger partial charge in [0.15, 0.2) is 9.84 Å². The van der Waals surface area contributed by atoms with E-state index in [9.17, 15) is 13.2 Å². The summed E-state index contributed by atoms with van der Waals surface area (Å²) in [7, 11) is -3.48. The molecule has 0 unspecified atom stereocenters. The average Bonchev–Trinajstić information content (AvgIpc) is 3.10. The molecule has 26 heavy (non-hydrogen) atoms. The molecule has 0 spiro atoms. The monoisotopic (exact) mass is 373 g/mol. The van der Waals surface area contributed by atoms with Crippen LogP contribution in [0.1, 0.15) is 30.9 Å². The van der Waals surface area contributed by atoms with Crippen LogP contribution in [0, 0.1) is 0 Å². The third-order valence-corrected chi connectivity index (χ3v) is 6.20. The minimum atomic E-state index is -3.48. The number of carbonyl (C=O) groups is 1. The fourth-order valence-electron chi connectivity index (χ4n) is 3.15. The number of hydrogen-bond acceptors (Lipinski definition) is 4. The molecule has 0 bridgehead atoms. The highest BCUT2D eigenvalue weighted by Crippen LogP contribution is 2.26. The third kappa shape index (κ3) is 4.25. The van der Waals surface area contributed by atoms with E-state index in [0.717, 1.165) is 24.8 Å². The first-order valence-electron chi connectivity index (χ1n) is 8.86. The number of ether oxygens (including phenoxy) is 1. The van der Waals surface area contributed by atoms with E-state index in [2.05, 4.69) is 5.32 Å². The summed E-state index contributed by atoms with van der Waals surface area (Å²) < 4.78 is 30.6. The zero-order chi connectivity index (χ0) is 18.6. The van der Waals surface area contributed by atoms with Gasteiger partial charge in [-0.25, -0.2) is 8.42 Å². The number of sulfone groups is 1. The zero-order valence-corrected chi connectivity index (χ0v) is 15.6. The molecule has 3 rings (SSSR count). The highest BCUT2D eigenvalue weighted by atomic mass is 32.2. The van der Waals surface area contributed by atoms with Crippen LogP contribution in [0.25, 0.3) is 0 Å². The van der Waals surface area contributed by atoms with Gasteiger partial charge in [0.2, 0.25) is 5.91 Å². The first-order chi connectivity index (χ1) is 12.5. The molecule has 0 aromatic heterocycles. The van der Waals surface area contributed by atoms with Crippen molar-refractivity contribution in [3.8, 4) is 5.75 Å². The first-order valence-corrected chi connectivity index (χ1v) is 10.5. The molecule has 0 radical (unpaired) electrons. The van der Waals surface area contributed by atoms with Gasteiger partial charge in [-0.15, -0.1) is 0 Å². The van der Waals surface area contributed by atoms with Crippen molar-refractivity contribution in [3.05, 3.63) is 53.6 Å². The van der Waals surface area contributed by atoms with Gasteiger partial charge in [-0.1, -0.05) is 18.2 Å². The Morgan fingerprint density at radius 2 is 1.88 bits per heavy atom. The van der Waals surface area contributed by atoms with E-state index in [0.29, 0.717) is 22.9 Å². The Bertz CT molecular complexity index is 906. The Balaban J connectivity index is 1.64. The Morgan fingerprint density at radius 3 is 2.69 bits per heavy atom. The van der Waals surface area contributed by atoms with Crippen molar-refractivity contribution in [1.29, 1.82) is 0 Å². The van der Waals surface area contributed by atoms with Crippen LogP contribution in [-0.4, -0.2) is 26.7 Å². The fourth-order valence-corrected chi connectivity index (χ4v) is 4.44. The smallest absolute Gasteiger partial charge is 0.225 e. The SMILES string of the molecule is CCOc1ccccc1NC(=O)CCS(=O)(=O)c1ccc2c(c1)CCC2. The number of nitrogens with one attached hydrogen (secondary N) is 1. The number of carbonyl (C=O) groups excluding carboxylic acids is 1. The Labute approximate surface area is 154 Å². The molecule has 1 amide bonds. The van der Waals surface area contributed by atoms with Crippen LogP contribution in [0.5, 0.6) is 5.75 Å². The summed E-state index contributed by atoms with van der Waals surface area (Å²) in [5.74, 6) is 0.0146. The Kier molecular flexibility index (Phi) is 5.61. The molecule has 138 valence electrons. The molecular formula is C20H23NO4S. The molecule has 0 saturated heterocycles. The zero-order valence-electron chi connectivity index (χ0n) is 14.8. The maximum Gasteiger partial charge on any atom is 0.225 e. The van der Waals surface area contributed by atoms with Crippen LogP contribution in [0.4, 0.5) is 5.69 Å². The topological polar surface area (TPSA) is 72.5 Å². The van der Waals surface area contributed by atoms with Crippen molar-refractivity contribution in [2.75, 3.05) is 17.7 Å². The van der Waals surface area contributed by atoms with Gasteiger partial charge in [0.05, 0.1) is 22.9 Å². The van der Waals surface area contributed by atoms with E-state index in [4.69, 9.17) is 4.74 Å². The number of amides is 1. The van der Waals surface area contributed by atoms with Crippen LogP contribution in [-0.2, 0) is 27.5 Å². The summed E-state index contributed by atoms with van der Waals surface area (Å²) in [6.07, 6.45) is 2.91. The second-order valence-corrected chi connectivity index (χ2v) is 8.44. The summed E-state index contributed by atoms with van der Waals surface area (Å²) in [6, 6.07) is 12.4. The summed E-state index contributed by atoms with van der Waals surface area (Å²) >= 11 is 0. The number of hydrogen-bond donors (Lipinski definition) is 1. The predicted octanol–water partition coefficient (Wildman–Crippen LogP) is 3.38. The largest absolute Gasteiger partial charge is 0.492 e. The fraction of sp³-hybridized carbons (Fsp3) is 0.350. The van der Waals surface area contributed by atoms with Crippen molar-refractivity contribution in [3.63, 3.8) is 0 Å². The second kappa shape index (κ2) is 7.91. The molecule has 2 aromatic rings. The highest BCUT2D eigenvalue weighted by molar-refractivity contribution is 7.91. The molecule has 2 aromatic carbocycles. The maximum absolute atomic E-state index is 12.6. The first kappa shape index (κ1) is 18.5. The number of rotatable bonds is 7. The molecular weight excluding hydrogens is 350 g/mol. The Morgan fingerprint density at radius 1 is 1.12 bits per heavy atom. The molecule has 1 aliphatic rings. The number of fused-ring (bicyclic) bond motifs is 1. The third-order valence-electron chi connectivity index (χ3n) is 4.49. The molecule has 0 heterocycles. The molecule has 6 heteroatoms. The van der Waals surface area contributed by atoms with Gasteiger partial charge in [0.25, 0.3) is 0 Å². The van der Waals surface area contributed by atoms with Crippen molar-refractivity contribution in [2.24, 2.45) is 0 Å². The quantitative estimate of drug-likeness (QED) is 0.808. The van der Waals surface area contributed by atoms with Gasteiger partial charge in [-0.3, -0.25) is 4.79 Å². The van der Waals surface area contributed by atoms with Gasteiger partial charge in [-0.05, 0) is 61.6 Å². The predicted molar refractivity (Wildman–Crippen MR) is 101 cm³/mol. The molecule has 0 aliphatic heterocycles. The number of benzene rings is 2. The normalized spacial score (nSPS) is 13.3. The van der Waals surface area contributed by atoms with Gasteiger partial charge >= 0.3 is 0 Å². The molecule has 5 nitrogen and oxygen atoms in total. The molecule has 0 saturated carbocycles. The molecule has 1 aliphatic carbocycles. The summed E-state index contributed by atoms with van der Waals surface area (Å²) in [6.45, 7) is 2.35. The van der Waals surface area contributed by atoms with E-state index in [1.807, 2.05) is 19.1 Å². The lowest BCUT2D eigenvalue weighted by atomic mass is 10.1. The molecule has 1 N–H and O–H groups in total. The van der Waals surface area contributed by atoms with Crippen molar-refractivity contribution in [2.45, 2.75) is 37.5 Å². The van der Waals surface area contributed by atoms with E-state index < -0.39 is 9.84 Å². The van der Waals surface area contributed by atoms with E-state index >= 15 is 0 Å². The van der Waals surface area contributed by atoms with E-state index in [1.165, 1.54) is 5.56 Å². The Hall–Kier alpha value is -2.34. The lowest BCUT2D eigenvalue weighted by molar-refractivity contribution is -0.115. The van der Waals surface area contributed by atoms with Crippen LogP contribution in [0.15, 0.2) is 47.4 Å². The van der Waals surface area contributed by atoms with E-state index in [-0.39, 0.29) is 18.1 Å². The maximum atomic E-state index is 12.6. The minimum Gasteiger partial charge on any atom is -0.492 e. The van der Waals surface area contributed by atoms with Crippen molar-refractivity contribution >= 4 is 21.4 Å². The summed E-state index contributed by atoms with van der Waals surface area (Å²) in [4.78, 5) is 12.5. The second-order valence-electron chi connectivity index (χ2n) is 6.33. The number of aryl methyl sites for hydroxylation is 2. The summed E-state index contributed by atoms with van der Waals surface area (Å²) in [5, 5.41) is 2.73. The van der Waals surface area contributed by atoms with E-state index in [1.54, 1.807) is 30.3 Å². The van der Waals surface area contributed by atoms with Crippen LogP contribution in [0.3, 0.4) is 0 Å². The van der Waals surface area contributed by atoms with Gasteiger partial charge in [-0.2, -0.15) is 0 Å². The average molecular weight is 373 g/mol. The lowest BCUT2D eigenvalue weighted by Gasteiger charge is -2.11. The van der Waals surface area contributed by atoms with Crippen LogP contribution in [0.2, 0.25) is 0 Å². The standard InChI is InChI=1S/C20H23NO4S/c1-2-25-19-9-4-3-8-18(19)21-20(22)12-13-26(23,24)17-11-10-15-6-5-7-16(15)14-17/h3-4,8-11,14H,2,5-7,12-13H2,1H3,(H,21,22). The van der Waals surface area contributed by atoms with Crippen LogP contribution >= 0.6 is 0 Å². The molecule has 0 atom stereocenters. The van der Waals surface area contributed by atoms with Gasteiger partial charge < -0.3 is 10.1 Å². The molecule has 0 fully saturated rings. The van der Waals surface area contributed by atoms with Gasteiger partial charge in [0.1, 0.15) is 5.75 Å². The lowest BCUT2D eigenvalue weighted by Crippen LogP contribution is -2.18.